The predicted octanol–water partition coefficient (Wildman–Crippen LogP) is 3.04. The third-order valence-corrected chi connectivity index (χ3v) is 6.64. The lowest BCUT2D eigenvalue weighted by Crippen LogP contribution is -2.46. The number of nitrogens with one attached hydrogen (secondary N) is 3. The smallest absolute Gasteiger partial charge is 0.319 e. The molecule has 1 unspecified atom stereocenters. The molecule has 1 atom stereocenters. The normalized spacial score (nSPS) is 13.5. The molecule has 3 N–H and O–H groups in total. The maximum absolute atomic E-state index is 12.9. The lowest BCUT2D eigenvalue weighted by Gasteiger charge is -2.25. The van der Waals surface area contributed by atoms with Crippen LogP contribution in [0.15, 0.2) is 18.2 Å². The van der Waals surface area contributed by atoms with Crippen molar-refractivity contribution in [1.29, 1.82) is 0 Å². The number of hydrogen-bond acceptors (Lipinski definition) is 5. The van der Waals surface area contributed by atoms with Gasteiger partial charge in [-0.3, -0.25) is 9.59 Å². The molecule has 8 nitrogen and oxygen atoms in total. The average Bonchev–Trinajstić information content (AvgIpc) is 3.28. The maximum atomic E-state index is 12.9. The molecule has 2 aromatic rings. The molecule has 0 radical (unpaired) electrons. The van der Waals surface area contributed by atoms with Crippen molar-refractivity contribution in [3.8, 4) is 0 Å². The zero-order valence-corrected chi connectivity index (χ0v) is 19.5. The molecule has 3 rings (SSSR count). The molecule has 4 amide bonds. The van der Waals surface area contributed by atoms with Crippen LogP contribution in [-0.4, -0.2) is 42.1 Å². The molecule has 9 heteroatoms. The second kappa shape index (κ2) is 9.95. The summed E-state index contributed by atoms with van der Waals surface area (Å²) in [7, 11) is 1.51. The van der Waals surface area contributed by atoms with Crippen molar-refractivity contribution >= 4 is 41.2 Å². The van der Waals surface area contributed by atoms with E-state index >= 15 is 0 Å². The zero-order valence-electron chi connectivity index (χ0n) is 18.7. The highest BCUT2D eigenvalue weighted by Crippen LogP contribution is 2.33. The van der Waals surface area contributed by atoms with E-state index in [-0.39, 0.29) is 30.7 Å². The first-order valence-electron chi connectivity index (χ1n) is 10.5. The van der Waals surface area contributed by atoms with Crippen molar-refractivity contribution in [2.45, 2.75) is 52.7 Å². The third kappa shape index (κ3) is 4.99. The Labute approximate surface area is 191 Å². The van der Waals surface area contributed by atoms with Crippen LogP contribution in [0.25, 0.3) is 0 Å². The fraction of sp³-hybridized carbons (Fsp3) is 0.391. The van der Waals surface area contributed by atoms with Crippen LogP contribution in [0, 0.1) is 20.8 Å². The Bertz CT molecular complexity index is 1040. The highest BCUT2D eigenvalue weighted by atomic mass is 32.1. The molecule has 1 aliphatic heterocycles. The largest absolute Gasteiger partial charge is 0.357 e. The summed E-state index contributed by atoms with van der Waals surface area (Å²) in [5, 5.41) is 8.31. The SMILES string of the molecule is CNC(=O)C(CCC=O)N1Cc2cc(CNC(=O)Nc3c(C)cc(C)cc3C)sc2C1=O. The van der Waals surface area contributed by atoms with Gasteiger partial charge in [0.05, 0.1) is 11.4 Å². The fourth-order valence-electron chi connectivity index (χ4n) is 4.03. The molecule has 0 aliphatic carbocycles. The molecular weight excluding hydrogens is 428 g/mol. The van der Waals surface area contributed by atoms with Crippen molar-refractivity contribution in [2.75, 3.05) is 12.4 Å². The summed E-state index contributed by atoms with van der Waals surface area (Å²) in [6.07, 6.45) is 1.25. The molecule has 0 bridgehead atoms. The molecule has 2 heterocycles. The number of aryl methyl sites for hydroxylation is 3. The van der Waals surface area contributed by atoms with E-state index in [0.29, 0.717) is 18.0 Å². The summed E-state index contributed by atoms with van der Waals surface area (Å²) >= 11 is 1.32. The number of thiophene rings is 1. The average molecular weight is 457 g/mol. The van der Waals surface area contributed by atoms with E-state index < -0.39 is 6.04 Å². The second-order valence-electron chi connectivity index (χ2n) is 7.96. The van der Waals surface area contributed by atoms with Crippen LogP contribution in [0.5, 0.6) is 0 Å². The molecule has 0 saturated carbocycles. The van der Waals surface area contributed by atoms with E-state index in [9.17, 15) is 19.2 Å². The van der Waals surface area contributed by atoms with Gasteiger partial charge < -0.3 is 25.6 Å². The lowest BCUT2D eigenvalue weighted by atomic mass is 10.1. The Morgan fingerprint density at radius 3 is 2.47 bits per heavy atom. The van der Waals surface area contributed by atoms with Crippen LogP contribution in [0.1, 0.15) is 49.6 Å². The molecule has 32 heavy (non-hydrogen) atoms. The van der Waals surface area contributed by atoms with Gasteiger partial charge in [-0.05, 0) is 49.9 Å². The van der Waals surface area contributed by atoms with Gasteiger partial charge in [-0.25, -0.2) is 4.79 Å². The number of aldehydes is 1. The number of likely N-dealkylation sites (N-methyl/N-ethyl adjacent to an activating group) is 1. The van der Waals surface area contributed by atoms with E-state index in [2.05, 4.69) is 16.0 Å². The summed E-state index contributed by atoms with van der Waals surface area (Å²) in [5.41, 5.74) is 4.77. The van der Waals surface area contributed by atoms with Crippen LogP contribution in [-0.2, 0) is 22.7 Å². The van der Waals surface area contributed by atoms with E-state index in [1.54, 1.807) is 0 Å². The summed E-state index contributed by atoms with van der Waals surface area (Å²) in [5.74, 6) is -0.498. The number of benzene rings is 1. The summed E-state index contributed by atoms with van der Waals surface area (Å²) < 4.78 is 0. The minimum atomic E-state index is -0.675. The Morgan fingerprint density at radius 2 is 1.88 bits per heavy atom. The highest BCUT2D eigenvalue weighted by molar-refractivity contribution is 7.14. The van der Waals surface area contributed by atoms with Gasteiger partial charge in [0.25, 0.3) is 5.91 Å². The fourth-order valence-corrected chi connectivity index (χ4v) is 5.10. The first-order chi connectivity index (χ1) is 15.2. The van der Waals surface area contributed by atoms with Gasteiger partial charge in [0.1, 0.15) is 12.3 Å². The van der Waals surface area contributed by atoms with Crippen LogP contribution < -0.4 is 16.0 Å². The number of rotatable bonds is 8. The minimum Gasteiger partial charge on any atom is -0.357 e. The third-order valence-electron chi connectivity index (χ3n) is 5.48. The monoisotopic (exact) mass is 456 g/mol. The van der Waals surface area contributed by atoms with Gasteiger partial charge in [0.15, 0.2) is 0 Å². The van der Waals surface area contributed by atoms with E-state index in [1.165, 1.54) is 23.3 Å². The summed E-state index contributed by atoms with van der Waals surface area (Å²) in [6, 6.07) is 4.94. The van der Waals surface area contributed by atoms with Crippen LogP contribution in [0.3, 0.4) is 0 Å². The Balaban J connectivity index is 1.62. The van der Waals surface area contributed by atoms with Gasteiger partial charge >= 0.3 is 6.03 Å². The molecule has 0 spiro atoms. The van der Waals surface area contributed by atoms with Crippen LogP contribution in [0.2, 0.25) is 0 Å². The number of carbonyl (C=O) groups is 4. The van der Waals surface area contributed by atoms with Gasteiger partial charge in [0.2, 0.25) is 5.91 Å². The van der Waals surface area contributed by atoms with E-state index in [0.717, 1.165) is 39.1 Å². The van der Waals surface area contributed by atoms with Crippen molar-refractivity contribution in [3.63, 3.8) is 0 Å². The number of carbonyl (C=O) groups excluding carboxylic acids is 4. The van der Waals surface area contributed by atoms with Gasteiger partial charge in [0, 0.05) is 30.6 Å². The quantitative estimate of drug-likeness (QED) is 0.531. The van der Waals surface area contributed by atoms with E-state index in [4.69, 9.17) is 0 Å². The Kier molecular flexibility index (Phi) is 7.29. The number of fused-ring (bicyclic) bond motifs is 1. The highest BCUT2D eigenvalue weighted by Gasteiger charge is 2.37. The molecule has 1 aliphatic rings. The van der Waals surface area contributed by atoms with Gasteiger partial charge in [-0.1, -0.05) is 17.7 Å². The van der Waals surface area contributed by atoms with Crippen molar-refractivity contribution in [2.24, 2.45) is 0 Å². The standard InChI is InChI=1S/C23H28N4O4S/c1-13-8-14(2)19(15(3)9-13)26-23(31)25-11-17-10-16-12-27(22(30)20(16)32-17)18(6-5-7-28)21(29)24-4/h7-10,18H,5-6,11-12H2,1-4H3,(H,24,29)(H2,25,26,31). The molecule has 0 saturated heterocycles. The van der Waals surface area contributed by atoms with Gasteiger partial charge in [-0.15, -0.1) is 11.3 Å². The number of urea groups is 1. The Morgan fingerprint density at radius 1 is 1.19 bits per heavy atom. The molecule has 1 aromatic carbocycles. The predicted molar refractivity (Wildman–Crippen MR) is 124 cm³/mol. The van der Waals surface area contributed by atoms with Crippen molar-refractivity contribution in [3.05, 3.63) is 50.2 Å². The lowest BCUT2D eigenvalue weighted by molar-refractivity contribution is -0.125. The Hall–Kier alpha value is -3.20. The molecular formula is C23H28N4O4S. The molecule has 170 valence electrons. The zero-order chi connectivity index (χ0) is 23.4. The first-order valence-corrected chi connectivity index (χ1v) is 11.3. The van der Waals surface area contributed by atoms with Crippen LogP contribution >= 0.6 is 11.3 Å². The van der Waals surface area contributed by atoms with Crippen molar-refractivity contribution in [1.82, 2.24) is 15.5 Å². The first kappa shape index (κ1) is 23.5. The topological polar surface area (TPSA) is 108 Å². The molecule has 0 fully saturated rings. The second-order valence-corrected chi connectivity index (χ2v) is 9.09. The maximum Gasteiger partial charge on any atom is 0.319 e. The summed E-state index contributed by atoms with van der Waals surface area (Å²) in [6.45, 7) is 6.54. The van der Waals surface area contributed by atoms with Crippen LogP contribution in [0.4, 0.5) is 10.5 Å². The van der Waals surface area contributed by atoms with Gasteiger partial charge in [-0.2, -0.15) is 0 Å². The number of amides is 4. The number of hydrogen-bond donors (Lipinski definition) is 3. The summed E-state index contributed by atoms with van der Waals surface area (Å²) in [4.78, 5) is 51.2. The number of nitrogens with zero attached hydrogens (tertiary/aromatic N) is 1. The molecule has 1 aromatic heterocycles. The number of anilines is 1. The minimum absolute atomic E-state index is 0.208. The van der Waals surface area contributed by atoms with Crippen molar-refractivity contribution < 1.29 is 19.2 Å². The van der Waals surface area contributed by atoms with E-state index in [1.807, 2.05) is 39.0 Å².